The van der Waals surface area contributed by atoms with Gasteiger partial charge in [-0.2, -0.15) is 0 Å². The SMILES string of the molecule is CC1(S(=O)(=O)n2cc(-c3noc(=O)[nH]3)c3cccnc32)C=C(c2cc(F)cc(F)c2)C(N2CCC(N)CC2)=CC1. The quantitative estimate of drug-likeness (QED) is 0.373. The molecule has 1 unspecified atom stereocenters. The van der Waals surface area contributed by atoms with Crippen molar-refractivity contribution in [2.24, 2.45) is 5.73 Å². The van der Waals surface area contributed by atoms with E-state index >= 15 is 0 Å². The summed E-state index contributed by atoms with van der Waals surface area (Å²) in [5.74, 6) is -2.26. The van der Waals surface area contributed by atoms with E-state index in [1.165, 1.54) is 24.5 Å². The van der Waals surface area contributed by atoms with E-state index < -0.39 is 32.2 Å². The molecule has 3 N–H and O–H groups in total. The molecule has 4 heterocycles. The van der Waals surface area contributed by atoms with Gasteiger partial charge < -0.3 is 10.6 Å². The molecule has 6 rings (SSSR count). The van der Waals surface area contributed by atoms with Crippen LogP contribution in [0.25, 0.3) is 28.0 Å². The van der Waals surface area contributed by atoms with Crippen LogP contribution in [0.5, 0.6) is 0 Å². The van der Waals surface area contributed by atoms with E-state index in [0.717, 1.165) is 22.9 Å². The van der Waals surface area contributed by atoms with E-state index in [-0.39, 0.29) is 29.5 Å². The minimum atomic E-state index is -4.24. The van der Waals surface area contributed by atoms with Crippen molar-refractivity contribution in [3.8, 4) is 11.4 Å². The second kappa shape index (κ2) is 9.52. The Morgan fingerprint density at radius 1 is 1.18 bits per heavy atom. The maximum atomic E-state index is 14.4. The maximum absolute atomic E-state index is 14.4. The monoisotopic (exact) mass is 568 g/mol. The van der Waals surface area contributed by atoms with Gasteiger partial charge >= 0.3 is 5.76 Å². The lowest BCUT2D eigenvalue weighted by atomic mass is 9.88. The Bertz CT molecular complexity index is 1830. The summed E-state index contributed by atoms with van der Waals surface area (Å²) < 4.78 is 61.6. The average Bonchev–Trinajstić information content (AvgIpc) is 3.52. The normalized spacial score (nSPS) is 20.6. The molecular weight excluding hydrogens is 542 g/mol. The van der Waals surface area contributed by atoms with Crippen molar-refractivity contribution in [3.63, 3.8) is 0 Å². The van der Waals surface area contributed by atoms with Crippen LogP contribution < -0.4 is 11.5 Å². The molecule has 2 aliphatic rings. The third-order valence-corrected chi connectivity index (χ3v) is 9.82. The molecule has 3 aromatic heterocycles. The molecule has 0 bridgehead atoms. The third-order valence-electron chi connectivity index (χ3n) is 7.56. The number of fused-ring (bicyclic) bond motifs is 1. The third kappa shape index (κ3) is 4.34. The number of nitrogens with two attached hydrogens (primary N) is 1. The number of halogens is 2. The number of H-pyrrole nitrogens is 1. The molecule has 13 heteroatoms. The van der Waals surface area contributed by atoms with Crippen molar-refractivity contribution in [1.29, 1.82) is 0 Å². The number of hydrogen-bond acceptors (Lipinski definition) is 8. The molecule has 1 fully saturated rings. The van der Waals surface area contributed by atoms with Crippen LogP contribution in [0.15, 0.2) is 69.9 Å². The molecule has 1 aliphatic heterocycles. The van der Waals surface area contributed by atoms with Gasteiger partial charge in [0.25, 0.3) is 0 Å². The lowest BCUT2D eigenvalue weighted by Gasteiger charge is -2.39. The Kier molecular flexibility index (Phi) is 6.22. The maximum Gasteiger partial charge on any atom is 0.439 e. The number of pyridine rings is 1. The molecule has 1 aliphatic carbocycles. The second-order valence-electron chi connectivity index (χ2n) is 10.3. The Morgan fingerprint density at radius 3 is 2.58 bits per heavy atom. The average molecular weight is 569 g/mol. The molecule has 10 nitrogen and oxygen atoms in total. The summed E-state index contributed by atoms with van der Waals surface area (Å²) in [6.07, 6.45) is 7.75. The van der Waals surface area contributed by atoms with Crippen LogP contribution >= 0.6 is 0 Å². The molecular formula is C27H26F2N6O4S. The fraction of sp³-hybridized carbons (Fsp3) is 0.296. The van der Waals surface area contributed by atoms with Gasteiger partial charge in [-0.1, -0.05) is 17.3 Å². The molecule has 208 valence electrons. The van der Waals surface area contributed by atoms with Crippen LogP contribution in [-0.2, 0) is 10.0 Å². The highest BCUT2D eigenvalue weighted by molar-refractivity contribution is 7.91. The number of aromatic nitrogens is 4. The summed E-state index contributed by atoms with van der Waals surface area (Å²) in [7, 11) is -4.24. The van der Waals surface area contributed by atoms with Crippen molar-refractivity contribution in [2.45, 2.75) is 37.0 Å². The Balaban J connectivity index is 1.50. The van der Waals surface area contributed by atoms with Gasteiger partial charge in [0.15, 0.2) is 11.5 Å². The van der Waals surface area contributed by atoms with E-state index in [1.807, 2.05) is 6.08 Å². The fourth-order valence-corrected chi connectivity index (χ4v) is 7.01. The van der Waals surface area contributed by atoms with Crippen molar-refractivity contribution < 1.29 is 21.7 Å². The molecule has 0 spiro atoms. The van der Waals surface area contributed by atoms with Gasteiger partial charge in [0, 0.05) is 59.8 Å². The summed E-state index contributed by atoms with van der Waals surface area (Å²) in [4.78, 5) is 20.4. The van der Waals surface area contributed by atoms with E-state index in [9.17, 15) is 22.0 Å². The summed E-state index contributed by atoms with van der Waals surface area (Å²) >= 11 is 0. The molecule has 0 saturated carbocycles. The van der Waals surface area contributed by atoms with Crippen LogP contribution in [0.2, 0.25) is 0 Å². The van der Waals surface area contributed by atoms with Crippen molar-refractivity contribution in [3.05, 3.63) is 88.3 Å². The smallest absolute Gasteiger partial charge is 0.371 e. The first-order valence-electron chi connectivity index (χ1n) is 12.7. The molecule has 4 aromatic rings. The predicted molar refractivity (Wildman–Crippen MR) is 144 cm³/mol. The summed E-state index contributed by atoms with van der Waals surface area (Å²) in [5.41, 5.74) is 7.89. The highest BCUT2D eigenvalue weighted by Crippen LogP contribution is 2.41. The first kappa shape index (κ1) is 26.1. The Hall–Kier alpha value is -4.10. The highest BCUT2D eigenvalue weighted by Gasteiger charge is 2.43. The van der Waals surface area contributed by atoms with E-state index in [4.69, 9.17) is 5.73 Å². The highest BCUT2D eigenvalue weighted by atomic mass is 32.2. The largest absolute Gasteiger partial charge is 0.439 e. The zero-order chi connectivity index (χ0) is 28.2. The number of benzene rings is 1. The molecule has 1 saturated heterocycles. The van der Waals surface area contributed by atoms with E-state index in [0.29, 0.717) is 35.3 Å². The molecule has 0 amide bonds. The number of aromatic amines is 1. The number of nitrogens with zero attached hydrogens (tertiary/aromatic N) is 4. The van der Waals surface area contributed by atoms with Gasteiger partial charge in [0.2, 0.25) is 10.0 Å². The standard InChI is InChI=1S/C27H26F2N6O4S/c1-27(40(37,38)35-15-22(24-32-26(36)39-33-24)20-3-2-8-31-25(20)35)7-4-23(34-9-5-19(30)6-10-34)21(14-27)16-11-17(28)13-18(29)12-16/h2-4,8,11-15,19H,5-7,9-10,30H2,1H3,(H,32,33,36). The lowest BCUT2D eigenvalue weighted by molar-refractivity contribution is 0.271. The predicted octanol–water partition coefficient (Wildman–Crippen LogP) is 3.39. The number of piperidine rings is 1. The Morgan fingerprint density at radius 2 is 1.90 bits per heavy atom. The van der Waals surface area contributed by atoms with Crippen LogP contribution in [-0.4, -0.2) is 56.3 Å². The Labute approximate surface area is 227 Å². The van der Waals surface area contributed by atoms with Crippen LogP contribution in [0, 0.1) is 11.6 Å². The van der Waals surface area contributed by atoms with Crippen molar-refractivity contribution in [2.75, 3.05) is 13.1 Å². The van der Waals surface area contributed by atoms with Gasteiger partial charge in [0.05, 0.1) is 0 Å². The van der Waals surface area contributed by atoms with Gasteiger partial charge in [0.1, 0.15) is 16.4 Å². The zero-order valence-electron chi connectivity index (χ0n) is 21.5. The molecule has 1 atom stereocenters. The number of hydrogen-bond donors (Lipinski definition) is 2. The summed E-state index contributed by atoms with van der Waals surface area (Å²) in [6.45, 7) is 2.83. The topological polar surface area (TPSA) is 140 Å². The van der Waals surface area contributed by atoms with Crippen LogP contribution in [0.1, 0.15) is 31.7 Å². The number of allylic oxidation sites excluding steroid dienone is 2. The van der Waals surface area contributed by atoms with Crippen LogP contribution in [0.3, 0.4) is 0 Å². The molecule has 1 aromatic carbocycles. The van der Waals surface area contributed by atoms with Crippen LogP contribution in [0.4, 0.5) is 8.78 Å². The second-order valence-corrected chi connectivity index (χ2v) is 12.6. The first-order valence-corrected chi connectivity index (χ1v) is 14.2. The van der Waals surface area contributed by atoms with E-state index in [1.54, 1.807) is 25.1 Å². The van der Waals surface area contributed by atoms with Gasteiger partial charge in [-0.15, -0.1) is 0 Å². The minimum Gasteiger partial charge on any atom is -0.371 e. The van der Waals surface area contributed by atoms with E-state index in [2.05, 4.69) is 24.5 Å². The molecule has 0 radical (unpaired) electrons. The number of rotatable bonds is 5. The zero-order valence-corrected chi connectivity index (χ0v) is 22.3. The van der Waals surface area contributed by atoms with Crippen molar-refractivity contribution in [1.82, 2.24) is 24.0 Å². The number of nitrogens with one attached hydrogen (secondary N) is 1. The summed E-state index contributed by atoms with van der Waals surface area (Å²) in [5, 5.41) is 4.15. The van der Waals surface area contributed by atoms with Crippen molar-refractivity contribution >= 4 is 26.6 Å². The van der Waals surface area contributed by atoms with Gasteiger partial charge in [-0.25, -0.2) is 30.9 Å². The lowest BCUT2D eigenvalue weighted by Crippen LogP contribution is -2.42. The first-order chi connectivity index (χ1) is 19.1. The molecule has 40 heavy (non-hydrogen) atoms. The minimum absolute atomic E-state index is 0.0581. The van der Waals surface area contributed by atoms with Gasteiger partial charge in [-0.05, 0) is 56.0 Å². The van der Waals surface area contributed by atoms with Gasteiger partial charge in [-0.3, -0.25) is 9.51 Å². The number of likely N-dealkylation sites (tertiary alicyclic amines) is 1. The summed E-state index contributed by atoms with van der Waals surface area (Å²) in [6, 6.07) is 6.54. The fourth-order valence-electron chi connectivity index (χ4n) is 5.38.